The average Bonchev–Trinajstić information content (AvgIpc) is 2.01. The minimum atomic E-state index is -1.35. The van der Waals surface area contributed by atoms with Gasteiger partial charge in [-0.3, -0.25) is 0 Å². The Hall–Kier alpha value is -1.98. The predicted molar refractivity (Wildman–Crippen MR) is 45.1 cm³/mol. The molecule has 0 aromatic heterocycles. The van der Waals surface area contributed by atoms with E-state index in [4.69, 9.17) is 5.11 Å². The second-order valence-corrected chi connectivity index (χ2v) is 2.38. The van der Waals surface area contributed by atoms with Crippen molar-refractivity contribution >= 4 is 12.3 Å². The van der Waals surface area contributed by atoms with Gasteiger partial charge in [0, 0.05) is 11.6 Å². The van der Waals surface area contributed by atoms with Crippen molar-refractivity contribution in [2.24, 2.45) is 5.10 Å². The Morgan fingerprint density at radius 2 is 1.93 bits per heavy atom. The minimum absolute atomic E-state index is 0.135. The molecule has 1 aromatic rings. The fourth-order valence-corrected chi connectivity index (χ4v) is 0.812. The minimum Gasteiger partial charge on any atom is -0.464 e. The van der Waals surface area contributed by atoms with Gasteiger partial charge in [0.05, 0.1) is 6.21 Å². The van der Waals surface area contributed by atoms with Gasteiger partial charge in [-0.2, -0.15) is 5.10 Å². The van der Waals surface area contributed by atoms with E-state index in [1.165, 1.54) is 0 Å². The molecule has 14 heavy (non-hydrogen) atoms. The summed E-state index contributed by atoms with van der Waals surface area (Å²) in [5, 5.41) is 11.3. The molecule has 0 aliphatic heterocycles. The summed E-state index contributed by atoms with van der Waals surface area (Å²) in [6.45, 7) is 0. The van der Waals surface area contributed by atoms with Crippen LogP contribution in [0.2, 0.25) is 0 Å². The smallest absolute Gasteiger partial charge is 0.425 e. The van der Waals surface area contributed by atoms with Crippen LogP contribution in [0.3, 0.4) is 0 Å². The van der Waals surface area contributed by atoms with Gasteiger partial charge >= 0.3 is 6.09 Å². The zero-order valence-corrected chi connectivity index (χ0v) is 6.87. The van der Waals surface area contributed by atoms with Crippen LogP contribution in [0, 0.1) is 11.6 Å². The van der Waals surface area contributed by atoms with E-state index >= 15 is 0 Å². The van der Waals surface area contributed by atoms with Crippen LogP contribution in [0.25, 0.3) is 0 Å². The van der Waals surface area contributed by atoms with E-state index in [2.05, 4.69) is 5.10 Å². The number of nitrogens with one attached hydrogen (secondary N) is 1. The molecule has 1 aromatic carbocycles. The maximum Gasteiger partial charge on any atom is 0.425 e. The van der Waals surface area contributed by atoms with Gasteiger partial charge in [-0.25, -0.2) is 19.0 Å². The number of benzene rings is 1. The summed E-state index contributed by atoms with van der Waals surface area (Å²) in [5.74, 6) is -1.50. The highest BCUT2D eigenvalue weighted by Gasteiger charge is 1.97. The molecule has 0 radical (unpaired) electrons. The third-order valence-electron chi connectivity index (χ3n) is 1.26. The first-order chi connectivity index (χ1) is 6.58. The lowest BCUT2D eigenvalue weighted by Crippen LogP contribution is -2.13. The molecule has 1 amide bonds. The molecular weight excluding hydrogens is 194 g/mol. The third-order valence-corrected chi connectivity index (χ3v) is 1.26. The van der Waals surface area contributed by atoms with Crippen molar-refractivity contribution in [2.45, 2.75) is 0 Å². The van der Waals surface area contributed by atoms with Gasteiger partial charge in [0.15, 0.2) is 0 Å². The fraction of sp³-hybridized carbons (Fsp3) is 0. The SMILES string of the molecule is O=C(O)NN=Cc1cc(F)cc(F)c1. The van der Waals surface area contributed by atoms with Crippen LogP contribution in [-0.4, -0.2) is 17.4 Å². The summed E-state index contributed by atoms with van der Waals surface area (Å²) in [7, 11) is 0. The van der Waals surface area contributed by atoms with Crippen molar-refractivity contribution in [3.8, 4) is 0 Å². The maximum atomic E-state index is 12.6. The molecule has 74 valence electrons. The first kappa shape index (κ1) is 10.1. The zero-order chi connectivity index (χ0) is 10.6. The van der Waals surface area contributed by atoms with Crippen molar-refractivity contribution in [1.82, 2.24) is 5.43 Å². The number of hydrogen-bond acceptors (Lipinski definition) is 2. The van der Waals surface area contributed by atoms with Crippen LogP contribution >= 0.6 is 0 Å². The van der Waals surface area contributed by atoms with Gasteiger partial charge in [-0.1, -0.05) is 0 Å². The molecule has 0 spiro atoms. The maximum absolute atomic E-state index is 12.6. The molecule has 0 aliphatic carbocycles. The highest BCUT2D eigenvalue weighted by Crippen LogP contribution is 2.05. The summed E-state index contributed by atoms with van der Waals surface area (Å²) < 4.78 is 25.2. The predicted octanol–water partition coefficient (Wildman–Crippen LogP) is 1.57. The summed E-state index contributed by atoms with van der Waals surface area (Å²) in [5.41, 5.74) is 1.81. The Bertz CT molecular complexity index is 359. The molecule has 1 rings (SSSR count). The number of rotatable bonds is 2. The summed E-state index contributed by atoms with van der Waals surface area (Å²) in [6, 6.07) is 2.76. The van der Waals surface area contributed by atoms with Gasteiger partial charge in [0.1, 0.15) is 11.6 Å². The van der Waals surface area contributed by atoms with E-state index in [0.717, 1.165) is 18.3 Å². The molecule has 4 nitrogen and oxygen atoms in total. The lowest BCUT2D eigenvalue weighted by molar-refractivity contribution is 0.195. The van der Waals surface area contributed by atoms with E-state index in [9.17, 15) is 13.6 Å². The summed E-state index contributed by atoms with van der Waals surface area (Å²) in [4.78, 5) is 9.95. The van der Waals surface area contributed by atoms with Crippen molar-refractivity contribution in [1.29, 1.82) is 0 Å². The normalized spacial score (nSPS) is 10.4. The highest BCUT2D eigenvalue weighted by molar-refractivity contribution is 5.80. The number of carbonyl (C=O) groups is 1. The van der Waals surface area contributed by atoms with Gasteiger partial charge in [0.25, 0.3) is 0 Å². The van der Waals surface area contributed by atoms with Crippen molar-refractivity contribution < 1.29 is 18.7 Å². The molecule has 0 bridgehead atoms. The van der Waals surface area contributed by atoms with E-state index < -0.39 is 17.7 Å². The van der Waals surface area contributed by atoms with Crippen LogP contribution in [0.1, 0.15) is 5.56 Å². The molecule has 0 unspecified atom stereocenters. The van der Waals surface area contributed by atoms with Gasteiger partial charge in [-0.15, -0.1) is 0 Å². The Morgan fingerprint density at radius 3 is 2.43 bits per heavy atom. The van der Waals surface area contributed by atoms with E-state index in [-0.39, 0.29) is 5.56 Å². The second-order valence-electron chi connectivity index (χ2n) is 2.38. The number of hydrogen-bond donors (Lipinski definition) is 2. The molecule has 6 heteroatoms. The average molecular weight is 200 g/mol. The molecule has 2 N–H and O–H groups in total. The number of nitrogens with zero attached hydrogens (tertiary/aromatic N) is 1. The van der Waals surface area contributed by atoms with Crippen LogP contribution in [0.4, 0.5) is 13.6 Å². The quantitative estimate of drug-likeness (QED) is 0.562. The Labute approximate surface area is 77.9 Å². The topological polar surface area (TPSA) is 61.7 Å². The van der Waals surface area contributed by atoms with Crippen LogP contribution in [-0.2, 0) is 0 Å². The number of amides is 1. The Morgan fingerprint density at radius 1 is 1.36 bits per heavy atom. The highest BCUT2D eigenvalue weighted by atomic mass is 19.1. The molecule has 0 saturated heterocycles. The molecule has 0 saturated carbocycles. The molecule has 0 heterocycles. The first-order valence-corrected chi connectivity index (χ1v) is 3.56. The third kappa shape index (κ3) is 3.18. The molecule has 0 aliphatic rings. The summed E-state index contributed by atoms with van der Waals surface area (Å²) >= 11 is 0. The van der Waals surface area contributed by atoms with E-state index in [1.807, 2.05) is 0 Å². The van der Waals surface area contributed by atoms with Crippen molar-refractivity contribution in [3.05, 3.63) is 35.4 Å². The Kier molecular flexibility index (Phi) is 3.11. The second kappa shape index (κ2) is 4.31. The lowest BCUT2D eigenvalue weighted by atomic mass is 10.2. The van der Waals surface area contributed by atoms with Gasteiger partial charge in [0.2, 0.25) is 0 Å². The molecule has 0 atom stereocenters. The summed E-state index contributed by atoms with van der Waals surface area (Å²) in [6.07, 6.45) is -0.349. The van der Waals surface area contributed by atoms with Crippen molar-refractivity contribution in [3.63, 3.8) is 0 Å². The van der Waals surface area contributed by atoms with E-state index in [1.54, 1.807) is 5.43 Å². The van der Waals surface area contributed by atoms with Crippen LogP contribution in [0.5, 0.6) is 0 Å². The lowest BCUT2D eigenvalue weighted by Gasteiger charge is -1.94. The van der Waals surface area contributed by atoms with Crippen molar-refractivity contribution in [2.75, 3.05) is 0 Å². The fourth-order valence-electron chi connectivity index (χ4n) is 0.812. The van der Waals surface area contributed by atoms with Gasteiger partial charge in [-0.05, 0) is 12.1 Å². The van der Waals surface area contributed by atoms with Gasteiger partial charge < -0.3 is 5.11 Å². The zero-order valence-electron chi connectivity index (χ0n) is 6.87. The van der Waals surface area contributed by atoms with Crippen LogP contribution < -0.4 is 5.43 Å². The Balaban J connectivity index is 2.76. The monoisotopic (exact) mass is 200 g/mol. The molecule has 0 fully saturated rings. The standard InChI is InChI=1S/C8H6F2N2O2/c9-6-1-5(2-7(10)3-6)4-11-12-8(13)14/h1-4,12H,(H,13,14). The largest absolute Gasteiger partial charge is 0.464 e. The molecular formula is C8H6F2N2O2. The number of halogens is 2. The van der Waals surface area contributed by atoms with Crippen LogP contribution in [0.15, 0.2) is 23.3 Å². The number of carboxylic acid groups (broad SMARTS) is 1. The van der Waals surface area contributed by atoms with E-state index in [0.29, 0.717) is 6.07 Å². The number of hydrazone groups is 1. The first-order valence-electron chi connectivity index (χ1n) is 3.56.